The molecule has 2 atom stereocenters. The number of anilines is 2. The van der Waals surface area contributed by atoms with Gasteiger partial charge in [-0.1, -0.05) is 6.07 Å². The van der Waals surface area contributed by atoms with Crippen molar-refractivity contribution in [3.63, 3.8) is 0 Å². The topological polar surface area (TPSA) is 47.3 Å². The van der Waals surface area contributed by atoms with Gasteiger partial charge in [0.1, 0.15) is 0 Å². The molecule has 0 aromatic heterocycles. The standard InChI is InChI=1S/C12H18N2O/c1-9-7-12(5-6-15-9)14-11-4-2-3-10(13)8-11/h2-4,8-9,12,14H,5-7,13H2,1H3. The number of hydrogen-bond acceptors (Lipinski definition) is 3. The number of nitrogens with one attached hydrogen (secondary N) is 1. The number of rotatable bonds is 2. The molecule has 3 heteroatoms. The first-order chi connectivity index (χ1) is 7.24. The first kappa shape index (κ1) is 10.3. The van der Waals surface area contributed by atoms with Gasteiger partial charge in [0.25, 0.3) is 0 Å². The van der Waals surface area contributed by atoms with Crippen LogP contribution in [-0.4, -0.2) is 18.8 Å². The second-order valence-corrected chi connectivity index (χ2v) is 4.17. The fourth-order valence-electron chi connectivity index (χ4n) is 1.99. The van der Waals surface area contributed by atoms with Crippen molar-refractivity contribution in [1.82, 2.24) is 0 Å². The van der Waals surface area contributed by atoms with Gasteiger partial charge in [0, 0.05) is 24.0 Å². The van der Waals surface area contributed by atoms with E-state index in [0.717, 1.165) is 30.8 Å². The Morgan fingerprint density at radius 3 is 3.07 bits per heavy atom. The van der Waals surface area contributed by atoms with E-state index < -0.39 is 0 Å². The van der Waals surface area contributed by atoms with Crippen LogP contribution in [0.1, 0.15) is 19.8 Å². The minimum atomic E-state index is 0.359. The SMILES string of the molecule is CC1CC(Nc2cccc(N)c2)CCO1. The third-order valence-corrected chi connectivity index (χ3v) is 2.74. The molecule has 1 saturated heterocycles. The van der Waals surface area contributed by atoms with Crippen LogP contribution in [0.5, 0.6) is 0 Å². The fourth-order valence-corrected chi connectivity index (χ4v) is 1.99. The summed E-state index contributed by atoms with van der Waals surface area (Å²) < 4.78 is 5.50. The van der Waals surface area contributed by atoms with Crippen molar-refractivity contribution < 1.29 is 4.74 Å². The molecule has 0 saturated carbocycles. The predicted octanol–water partition coefficient (Wildman–Crippen LogP) is 2.25. The normalized spacial score (nSPS) is 26.2. The lowest BCUT2D eigenvalue weighted by molar-refractivity contribution is 0.0232. The van der Waals surface area contributed by atoms with Gasteiger partial charge in [0.05, 0.1) is 6.10 Å². The van der Waals surface area contributed by atoms with Crippen LogP contribution in [0, 0.1) is 0 Å². The van der Waals surface area contributed by atoms with E-state index in [4.69, 9.17) is 10.5 Å². The monoisotopic (exact) mass is 206 g/mol. The number of hydrogen-bond donors (Lipinski definition) is 2. The molecular weight excluding hydrogens is 188 g/mol. The van der Waals surface area contributed by atoms with E-state index in [1.165, 1.54) is 0 Å². The molecule has 0 aliphatic carbocycles. The first-order valence-corrected chi connectivity index (χ1v) is 5.48. The van der Waals surface area contributed by atoms with E-state index in [-0.39, 0.29) is 0 Å². The summed E-state index contributed by atoms with van der Waals surface area (Å²) in [5, 5.41) is 3.49. The summed E-state index contributed by atoms with van der Waals surface area (Å²) in [6, 6.07) is 8.41. The Hall–Kier alpha value is -1.22. The van der Waals surface area contributed by atoms with Crippen LogP contribution in [0.3, 0.4) is 0 Å². The summed E-state index contributed by atoms with van der Waals surface area (Å²) in [5.41, 5.74) is 7.64. The van der Waals surface area contributed by atoms with E-state index in [1.54, 1.807) is 0 Å². The van der Waals surface area contributed by atoms with Gasteiger partial charge in [-0.15, -0.1) is 0 Å². The van der Waals surface area contributed by atoms with Crippen LogP contribution >= 0.6 is 0 Å². The fraction of sp³-hybridized carbons (Fsp3) is 0.500. The van der Waals surface area contributed by atoms with Crippen LogP contribution in [0.25, 0.3) is 0 Å². The Balaban J connectivity index is 1.96. The highest BCUT2D eigenvalue weighted by atomic mass is 16.5. The maximum atomic E-state index is 5.73. The van der Waals surface area contributed by atoms with Crippen molar-refractivity contribution in [2.24, 2.45) is 0 Å². The highest BCUT2D eigenvalue weighted by Gasteiger charge is 2.18. The minimum absolute atomic E-state index is 0.359. The average molecular weight is 206 g/mol. The second-order valence-electron chi connectivity index (χ2n) is 4.17. The summed E-state index contributed by atoms with van der Waals surface area (Å²) >= 11 is 0. The largest absolute Gasteiger partial charge is 0.399 e. The lowest BCUT2D eigenvalue weighted by Crippen LogP contribution is -2.32. The first-order valence-electron chi connectivity index (χ1n) is 5.48. The predicted molar refractivity (Wildman–Crippen MR) is 62.9 cm³/mol. The molecule has 1 heterocycles. The molecule has 0 amide bonds. The van der Waals surface area contributed by atoms with Crippen molar-refractivity contribution in [3.05, 3.63) is 24.3 Å². The van der Waals surface area contributed by atoms with E-state index in [9.17, 15) is 0 Å². The number of nitrogen functional groups attached to an aromatic ring is 1. The maximum absolute atomic E-state index is 5.73. The molecule has 1 aliphatic rings. The molecule has 1 fully saturated rings. The van der Waals surface area contributed by atoms with Crippen molar-refractivity contribution in [1.29, 1.82) is 0 Å². The van der Waals surface area contributed by atoms with Crippen LogP contribution < -0.4 is 11.1 Å². The lowest BCUT2D eigenvalue weighted by atomic mass is 10.0. The van der Waals surface area contributed by atoms with Crippen molar-refractivity contribution in [2.45, 2.75) is 31.9 Å². The zero-order valence-electron chi connectivity index (χ0n) is 9.07. The van der Waals surface area contributed by atoms with Gasteiger partial charge in [0.2, 0.25) is 0 Å². The zero-order chi connectivity index (χ0) is 10.7. The highest BCUT2D eigenvalue weighted by molar-refractivity contribution is 5.54. The molecule has 0 bridgehead atoms. The molecule has 2 unspecified atom stereocenters. The Morgan fingerprint density at radius 2 is 2.33 bits per heavy atom. The molecule has 0 radical (unpaired) electrons. The van der Waals surface area contributed by atoms with Crippen LogP contribution in [0.2, 0.25) is 0 Å². The second kappa shape index (κ2) is 4.53. The molecule has 82 valence electrons. The number of ether oxygens (including phenoxy) is 1. The van der Waals surface area contributed by atoms with E-state index in [0.29, 0.717) is 12.1 Å². The van der Waals surface area contributed by atoms with E-state index in [2.05, 4.69) is 18.3 Å². The van der Waals surface area contributed by atoms with Gasteiger partial charge in [-0.05, 0) is 38.0 Å². The molecule has 3 nitrogen and oxygen atoms in total. The van der Waals surface area contributed by atoms with Crippen LogP contribution in [0.15, 0.2) is 24.3 Å². The van der Waals surface area contributed by atoms with E-state index >= 15 is 0 Å². The van der Waals surface area contributed by atoms with Crippen LogP contribution in [-0.2, 0) is 4.74 Å². The molecule has 1 aromatic rings. The van der Waals surface area contributed by atoms with Gasteiger partial charge >= 0.3 is 0 Å². The molecular formula is C12H18N2O. The van der Waals surface area contributed by atoms with Gasteiger partial charge in [-0.25, -0.2) is 0 Å². The van der Waals surface area contributed by atoms with Gasteiger partial charge in [-0.2, -0.15) is 0 Å². The molecule has 2 rings (SSSR count). The Kier molecular flexibility index (Phi) is 3.11. The molecule has 1 aromatic carbocycles. The lowest BCUT2D eigenvalue weighted by Gasteiger charge is -2.28. The summed E-state index contributed by atoms with van der Waals surface area (Å²) in [7, 11) is 0. The average Bonchev–Trinajstić information content (AvgIpc) is 2.17. The minimum Gasteiger partial charge on any atom is -0.399 e. The maximum Gasteiger partial charge on any atom is 0.0566 e. The molecule has 1 aliphatic heterocycles. The molecule has 3 N–H and O–H groups in total. The van der Waals surface area contributed by atoms with Gasteiger partial charge in [-0.3, -0.25) is 0 Å². The van der Waals surface area contributed by atoms with Gasteiger partial charge < -0.3 is 15.8 Å². The van der Waals surface area contributed by atoms with E-state index in [1.807, 2.05) is 18.2 Å². The third kappa shape index (κ3) is 2.86. The third-order valence-electron chi connectivity index (χ3n) is 2.74. The summed E-state index contributed by atoms with van der Waals surface area (Å²) in [4.78, 5) is 0. The van der Waals surface area contributed by atoms with Crippen molar-refractivity contribution >= 4 is 11.4 Å². The summed E-state index contributed by atoms with van der Waals surface area (Å²) in [6.07, 6.45) is 2.49. The smallest absolute Gasteiger partial charge is 0.0566 e. The molecule has 15 heavy (non-hydrogen) atoms. The zero-order valence-corrected chi connectivity index (χ0v) is 9.07. The quantitative estimate of drug-likeness (QED) is 0.730. The number of benzene rings is 1. The Morgan fingerprint density at radius 1 is 1.47 bits per heavy atom. The number of nitrogens with two attached hydrogens (primary N) is 1. The highest BCUT2D eigenvalue weighted by Crippen LogP contribution is 2.19. The Labute approximate surface area is 90.6 Å². The van der Waals surface area contributed by atoms with Crippen molar-refractivity contribution in [3.8, 4) is 0 Å². The molecule has 0 spiro atoms. The summed E-state index contributed by atoms with van der Waals surface area (Å²) in [5.74, 6) is 0. The van der Waals surface area contributed by atoms with Crippen LogP contribution in [0.4, 0.5) is 11.4 Å². The van der Waals surface area contributed by atoms with Gasteiger partial charge in [0.15, 0.2) is 0 Å². The Bertz CT molecular complexity index is 327. The van der Waals surface area contributed by atoms with Crippen molar-refractivity contribution in [2.75, 3.05) is 17.7 Å². The summed E-state index contributed by atoms with van der Waals surface area (Å²) in [6.45, 7) is 2.97.